The van der Waals surface area contributed by atoms with Crippen molar-refractivity contribution < 1.29 is 18.0 Å². The lowest BCUT2D eigenvalue weighted by Gasteiger charge is -2.30. The highest BCUT2D eigenvalue weighted by molar-refractivity contribution is 7.89. The van der Waals surface area contributed by atoms with Crippen LogP contribution in [-0.2, 0) is 19.6 Å². The molecule has 1 aliphatic rings. The molecule has 0 radical (unpaired) electrons. The van der Waals surface area contributed by atoms with Crippen molar-refractivity contribution in [2.24, 2.45) is 5.92 Å². The largest absolute Gasteiger partial charge is 0.356 e. The third kappa shape index (κ3) is 5.54. The molecule has 8 heteroatoms. The zero-order valence-corrected chi connectivity index (χ0v) is 15.4. The molecule has 1 saturated heterocycles. The lowest BCUT2D eigenvalue weighted by molar-refractivity contribution is -0.119. The molecule has 2 rings (SSSR count). The number of benzene rings is 1. The number of nitrogens with one attached hydrogen (secondary N) is 2. The van der Waals surface area contributed by atoms with Crippen LogP contribution >= 0.6 is 0 Å². The number of rotatable bonds is 6. The van der Waals surface area contributed by atoms with E-state index in [1.54, 1.807) is 12.1 Å². The van der Waals surface area contributed by atoms with Gasteiger partial charge in [-0.05, 0) is 43.0 Å². The van der Waals surface area contributed by atoms with E-state index >= 15 is 0 Å². The summed E-state index contributed by atoms with van der Waals surface area (Å²) in [7, 11) is -3.49. The molecule has 2 amide bonds. The van der Waals surface area contributed by atoms with Crippen LogP contribution in [0.4, 0.5) is 5.69 Å². The van der Waals surface area contributed by atoms with Gasteiger partial charge in [-0.2, -0.15) is 4.31 Å². The van der Waals surface area contributed by atoms with Crippen molar-refractivity contribution in [2.75, 3.05) is 25.0 Å². The first kappa shape index (κ1) is 19.4. The molecular weight excluding hydrogens is 342 g/mol. The number of sulfonamides is 1. The number of piperidine rings is 1. The van der Waals surface area contributed by atoms with Crippen molar-refractivity contribution in [2.45, 2.75) is 38.0 Å². The number of nitrogens with zero attached hydrogens (tertiary/aromatic N) is 1. The summed E-state index contributed by atoms with van der Waals surface area (Å²) >= 11 is 0. The summed E-state index contributed by atoms with van der Waals surface area (Å²) in [6, 6.07) is 6.18. The van der Waals surface area contributed by atoms with E-state index in [1.807, 2.05) is 0 Å². The van der Waals surface area contributed by atoms with Crippen molar-refractivity contribution in [3.63, 3.8) is 0 Å². The summed E-state index contributed by atoms with van der Waals surface area (Å²) in [6.45, 7) is 4.81. The second-order valence-corrected chi connectivity index (χ2v) is 8.35. The zero-order valence-electron chi connectivity index (χ0n) is 14.6. The Hall–Kier alpha value is -1.93. The van der Waals surface area contributed by atoms with Crippen LogP contribution in [-0.4, -0.2) is 44.2 Å². The molecule has 2 N–H and O–H groups in total. The van der Waals surface area contributed by atoms with Gasteiger partial charge in [0.1, 0.15) is 0 Å². The van der Waals surface area contributed by atoms with Gasteiger partial charge in [-0.3, -0.25) is 9.59 Å². The predicted octanol–water partition coefficient (Wildman–Crippen LogP) is 1.57. The molecule has 1 aromatic carbocycles. The van der Waals surface area contributed by atoms with E-state index in [0.717, 1.165) is 12.8 Å². The van der Waals surface area contributed by atoms with Crippen molar-refractivity contribution in [3.8, 4) is 0 Å². The third-order valence-electron chi connectivity index (χ3n) is 4.12. The van der Waals surface area contributed by atoms with Crippen LogP contribution in [0, 0.1) is 5.92 Å². The Kier molecular flexibility index (Phi) is 6.55. The molecule has 0 aromatic heterocycles. The van der Waals surface area contributed by atoms with E-state index in [9.17, 15) is 18.0 Å². The number of hydrogen-bond donors (Lipinski definition) is 2. The normalized spacial score (nSPS) is 18.6. The number of carbonyl (C=O) groups excluding carboxylic acids is 2. The van der Waals surface area contributed by atoms with Crippen molar-refractivity contribution in [1.82, 2.24) is 9.62 Å². The minimum absolute atomic E-state index is 0.158. The van der Waals surface area contributed by atoms with Crippen LogP contribution in [0.5, 0.6) is 0 Å². The molecule has 0 bridgehead atoms. The monoisotopic (exact) mass is 367 g/mol. The summed E-state index contributed by atoms with van der Waals surface area (Å²) in [5, 5.41) is 5.23. The molecule has 1 fully saturated rings. The fourth-order valence-electron chi connectivity index (χ4n) is 2.80. The maximum Gasteiger partial charge on any atom is 0.243 e. The van der Waals surface area contributed by atoms with E-state index < -0.39 is 10.0 Å². The van der Waals surface area contributed by atoms with Crippen molar-refractivity contribution in [1.29, 1.82) is 0 Å². The minimum Gasteiger partial charge on any atom is -0.356 e. The standard InChI is InChI=1S/C17H25N3O4S/c1-13-4-3-11-20(12-13)25(23,24)16-7-5-15(6-8-16)19-17(22)9-10-18-14(2)21/h5-8,13H,3-4,9-12H2,1-2H3,(H,18,21)(H,19,22)/t13-/m0/s1. The molecule has 1 atom stereocenters. The Balaban J connectivity index is 1.97. The van der Waals surface area contributed by atoms with Crippen LogP contribution in [0.2, 0.25) is 0 Å². The molecule has 0 aliphatic carbocycles. The van der Waals surface area contributed by atoms with Crippen LogP contribution in [0.15, 0.2) is 29.2 Å². The summed E-state index contributed by atoms with van der Waals surface area (Å²) in [5.41, 5.74) is 0.527. The lowest BCUT2D eigenvalue weighted by atomic mass is 10.0. The van der Waals surface area contributed by atoms with Crippen LogP contribution in [0.25, 0.3) is 0 Å². The number of carbonyl (C=O) groups is 2. The Bertz CT molecular complexity index is 716. The number of amides is 2. The molecule has 7 nitrogen and oxygen atoms in total. The molecule has 1 aromatic rings. The summed E-state index contributed by atoms with van der Waals surface area (Å²) in [6.07, 6.45) is 2.09. The topological polar surface area (TPSA) is 95.6 Å². The molecule has 1 heterocycles. The maximum atomic E-state index is 12.7. The average Bonchev–Trinajstić information content (AvgIpc) is 2.55. The second kappa shape index (κ2) is 8.44. The predicted molar refractivity (Wildman–Crippen MR) is 95.5 cm³/mol. The Morgan fingerprint density at radius 3 is 2.52 bits per heavy atom. The summed E-state index contributed by atoms with van der Waals surface area (Å²) in [5.74, 6) is -0.0608. The molecule has 25 heavy (non-hydrogen) atoms. The van der Waals surface area contributed by atoms with Gasteiger partial charge in [0.25, 0.3) is 0 Å². The molecule has 0 spiro atoms. The fraction of sp³-hybridized carbons (Fsp3) is 0.529. The van der Waals surface area contributed by atoms with Gasteiger partial charge in [0.15, 0.2) is 0 Å². The highest BCUT2D eigenvalue weighted by Gasteiger charge is 2.28. The van der Waals surface area contributed by atoms with Crippen LogP contribution in [0.1, 0.15) is 33.1 Å². The first-order valence-electron chi connectivity index (χ1n) is 8.43. The number of hydrogen-bond acceptors (Lipinski definition) is 4. The first-order chi connectivity index (χ1) is 11.8. The van der Waals surface area contributed by atoms with Gasteiger partial charge in [0.2, 0.25) is 21.8 Å². The molecule has 0 unspecified atom stereocenters. The van der Waals surface area contributed by atoms with Gasteiger partial charge in [-0.25, -0.2) is 8.42 Å². The maximum absolute atomic E-state index is 12.7. The highest BCUT2D eigenvalue weighted by Crippen LogP contribution is 2.24. The Morgan fingerprint density at radius 2 is 1.92 bits per heavy atom. The first-order valence-corrected chi connectivity index (χ1v) is 9.87. The van der Waals surface area contributed by atoms with E-state index in [2.05, 4.69) is 17.6 Å². The van der Waals surface area contributed by atoms with Gasteiger partial charge in [0.05, 0.1) is 4.90 Å². The van der Waals surface area contributed by atoms with Gasteiger partial charge >= 0.3 is 0 Å². The number of anilines is 1. The zero-order chi connectivity index (χ0) is 18.4. The van der Waals surface area contributed by atoms with Gasteiger partial charge < -0.3 is 10.6 Å². The van der Waals surface area contributed by atoms with Crippen LogP contribution < -0.4 is 10.6 Å². The van der Waals surface area contributed by atoms with E-state index in [1.165, 1.54) is 23.4 Å². The van der Waals surface area contributed by atoms with Gasteiger partial charge in [-0.1, -0.05) is 6.92 Å². The smallest absolute Gasteiger partial charge is 0.243 e. The molecule has 138 valence electrons. The third-order valence-corrected chi connectivity index (χ3v) is 6.00. The molecular formula is C17H25N3O4S. The van der Waals surface area contributed by atoms with Crippen LogP contribution in [0.3, 0.4) is 0 Å². The Labute approximate surface area is 148 Å². The second-order valence-electron chi connectivity index (χ2n) is 6.42. The highest BCUT2D eigenvalue weighted by atomic mass is 32.2. The van der Waals surface area contributed by atoms with Crippen molar-refractivity contribution in [3.05, 3.63) is 24.3 Å². The Morgan fingerprint density at radius 1 is 1.24 bits per heavy atom. The average molecular weight is 367 g/mol. The molecule has 1 aliphatic heterocycles. The fourth-order valence-corrected chi connectivity index (χ4v) is 4.40. The van der Waals surface area contributed by atoms with Gasteiger partial charge in [0, 0.05) is 38.7 Å². The van der Waals surface area contributed by atoms with E-state index in [-0.39, 0.29) is 29.7 Å². The van der Waals surface area contributed by atoms with Crippen molar-refractivity contribution >= 4 is 27.5 Å². The summed E-state index contributed by atoms with van der Waals surface area (Å²) in [4.78, 5) is 22.8. The SMILES string of the molecule is CC(=O)NCCC(=O)Nc1ccc(S(=O)(=O)N2CCC[C@H](C)C2)cc1. The lowest BCUT2D eigenvalue weighted by Crippen LogP contribution is -2.39. The summed E-state index contributed by atoms with van der Waals surface area (Å²) < 4.78 is 26.9. The van der Waals surface area contributed by atoms with Gasteiger partial charge in [-0.15, -0.1) is 0 Å². The molecule has 0 saturated carbocycles. The van der Waals surface area contributed by atoms with E-state index in [4.69, 9.17) is 0 Å². The quantitative estimate of drug-likeness (QED) is 0.798. The minimum atomic E-state index is -3.49. The van der Waals surface area contributed by atoms with E-state index in [0.29, 0.717) is 24.7 Å².